The molecule has 1 aliphatic carbocycles. The maximum Gasteiger partial charge on any atom is 0.293 e. The molecule has 2 aliphatic rings. The molecular weight excluding hydrogens is 641 g/mol. The van der Waals surface area contributed by atoms with Crippen LogP contribution in [0.3, 0.4) is 0 Å². The minimum atomic E-state index is -3.99. The summed E-state index contributed by atoms with van der Waals surface area (Å²) in [6.45, 7) is 8.12. The Morgan fingerprint density at radius 2 is 1.73 bits per heavy atom. The predicted octanol–water partition coefficient (Wildman–Crippen LogP) is 9.15. The number of anilines is 1. The molecule has 7 nitrogen and oxygen atoms in total. The van der Waals surface area contributed by atoms with Crippen molar-refractivity contribution in [1.82, 2.24) is 0 Å². The molecule has 0 atom stereocenters. The minimum absolute atomic E-state index is 0.0964. The second kappa shape index (κ2) is 13.0. The molecule has 246 valence electrons. The highest BCUT2D eigenvalue weighted by molar-refractivity contribution is 7.86. The van der Waals surface area contributed by atoms with Crippen molar-refractivity contribution >= 4 is 65.0 Å². The zero-order valence-electron chi connectivity index (χ0n) is 27.3. The number of ether oxygens (including phenoxy) is 1. The van der Waals surface area contributed by atoms with Crippen molar-refractivity contribution in [3.63, 3.8) is 0 Å². The highest BCUT2D eigenvalue weighted by Gasteiger charge is 2.29. The van der Waals surface area contributed by atoms with Gasteiger partial charge in [-0.3, -0.25) is 0 Å². The van der Waals surface area contributed by atoms with Crippen LogP contribution < -0.4 is 14.2 Å². The summed E-state index contributed by atoms with van der Waals surface area (Å²) >= 11 is 1.85. The van der Waals surface area contributed by atoms with E-state index in [2.05, 4.69) is 84.3 Å². The number of fused-ring (bicyclic) bond motifs is 6. The molecule has 1 N–H and O–H groups in total. The van der Waals surface area contributed by atoms with Gasteiger partial charge in [-0.2, -0.15) is 13.0 Å². The number of allylic oxidation sites excluding steroid dienone is 6. The third-order valence-corrected chi connectivity index (χ3v) is 11.1. The summed E-state index contributed by atoms with van der Waals surface area (Å²) in [5, 5.41) is 14.6. The van der Waals surface area contributed by atoms with Gasteiger partial charge in [0.05, 0.1) is 16.8 Å². The average molecular weight is 680 g/mol. The Bertz CT molecular complexity index is 2280. The molecule has 0 amide bonds. The summed E-state index contributed by atoms with van der Waals surface area (Å²) in [5.41, 5.74) is 4.82. The minimum Gasteiger partial charge on any atom is -0.438 e. The smallest absolute Gasteiger partial charge is 0.293 e. The molecule has 0 radical (unpaired) electrons. The van der Waals surface area contributed by atoms with Crippen molar-refractivity contribution in [2.24, 2.45) is 5.41 Å². The third kappa shape index (κ3) is 6.43. The molecule has 4 aromatic carbocycles. The van der Waals surface area contributed by atoms with Crippen LogP contribution in [-0.2, 0) is 21.0 Å². The van der Waals surface area contributed by atoms with Crippen molar-refractivity contribution in [3.8, 4) is 5.75 Å². The van der Waals surface area contributed by atoms with Gasteiger partial charge < -0.3 is 9.64 Å². The molecule has 5 aromatic rings. The van der Waals surface area contributed by atoms with Gasteiger partial charge in [-0.05, 0) is 77.8 Å². The fourth-order valence-electron chi connectivity index (χ4n) is 7.04. The molecule has 1 aliphatic heterocycles. The molecule has 9 heteroatoms. The molecule has 48 heavy (non-hydrogen) atoms. The summed E-state index contributed by atoms with van der Waals surface area (Å²) < 4.78 is 37.4. The van der Waals surface area contributed by atoms with E-state index in [-0.39, 0.29) is 17.6 Å². The number of benzene rings is 4. The van der Waals surface area contributed by atoms with E-state index in [4.69, 9.17) is 9.99 Å². The summed E-state index contributed by atoms with van der Waals surface area (Å²) in [6, 6.07) is 25.2. The van der Waals surface area contributed by atoms with Crippen LogP contribution >= 0.6 is 11.3 Å². The zero-order valence-corrected chi connectivity index (χ0v) is 29.0. The first-order valence-corrected chi connectivity index (χ1v) is 18.7. The highest BCUT2D eigenvalue weighted by atomic mass is 32.2. The number of hydrogen-bond acceptors (Lipinski definition) is 7. The molecule has 2 heterocycles. The first-order chi connectivity index (χ1) is 23.1. The van der Waals surface area contributed by atoms with Crippen LogP contribution in [0.2, 0.25) is 0 Å². The molecule has 0 saturated heterocycles. The van der Waals surface area contributed by atoms with Crippen molar-refractivity contribution in [1.29, 1.82) is 0 Å². The summed E-state index contributed by atoms with van der Waals surface area (Å²) in [5.74, 6) is 1.06. The lowest BCUT2D eigenvalue weighted by molar-refractivity contribution is -0.664. The van der Waals surface area contributed by atoms with Crippen LogP contribution in [0.4, 0.5) is 5.69 Å². The second-order valence-corrected chi connectivity index (χ2v) is 16.0. The van der Waals surface area contributed by atoms with Crippen LogP contribution in [-0.4, -0.2) is 26.0 Å². The summed E-state index contributed by atoms with van der Waals surface area (Å²) in [6.07, 6.45) is 13.0. The van der Waals surface area contributed by atoms with Crippen LogP contribution in [0, 0.1) is 5.41 Å². The van der Waals surface area contributed by atoms with Gasteiger partial charge in [-0.1, -0.05) is 98.0 Å². The number of rotatable bonds is 9. The molecular formula is C39H39N2O5S2+. The van der Waals surface area contributed by atoms with Gasteiger partial charge in [0.25, 0.3) is 15.1 Å². The third-order valence-electron chi connectivity index (χ3n) is 9.04. The van der Waals surface area contributed by atoms with Crippen LogP contribution in [0.5, 0.6) is 5.75 Å². The highest BCUT2D eigenvalue weighted by Crippen LogP contribution is 2.44. The van der Waals surface area contributed by atoms with Gasteiger partial charge in [0.15, 0.2) is 5.75 Å². The Morgan fingerprint density at radius 1 is 1.00 bits per heavy atom. The van der Waals surface area contributed by atoms with E-state index in [1.165, 1.54) is 37.1 Å². The van der Waals surface area contributed by atoms with E-state index >= 15 is 0 Å². The number of aromatic nitrogens is 1. The van der Waals surface area contributed by atoms with Gasteiger partial charge in [-0.25, -0.2) is 5.26 Å². The molecule has 0 spiro atoms. The zero-order chi connectivity index (χ0) is 33.5. The van der Waals surface area contributed by atoms with E-state index in [9.17, 15) is 8.42 Å². The van der Waals surface area contributed by atoms with Gasteiger partial charge in [0.1, 0.15) is 11.2 Å². The summed E-state index contributed by atoms with van der Waals surface area (Å²) in [7, 11) is -3.99. The molecule has 1 aromatic heterocycles. The van der Waals surface area contributed by atoms with E-state index in [1.807, 2.05) is 64.8 Å². The fourth-order valence-corrected chi connectivity index (χ4v) is 8.81. The summed E-state index contributed by atoms with van der Waals surface area (Å²) in [4.78, 5) is 1.98. The Balaban J connectivity index is 1.20. The van der Waals surface area contributed by atoms with Crippen molar-refractivity contribution in [2.45, 2.75) is 46.6 Å². The Labute approximate surface area is 285 Å². The van der Waals surface area contributed by atoms with E-state index in [0.717, 1.165) is 41.6 Å². The number of hydrogen-bond donors (Lipinski definition) is 1. The Kier molecular flexibility index (Phi) is 8.72. The fraction of sp³-hybridized carbons (Fsp3) is 0.256. The lowest BCUT2D eigenvalue weighted by Gasteiger charge is -2.30. The van der Waals surface area contributed by atoms with Crippen molar-refractivity contribution in [3.05, 3.63) is 119 Å². The van der Waals surface area contributed by atoms with E-state index in [0.29, 0.717) is 12.4 Å². The average Bonchev–Trinajstić information content (AvgIpc) is 3.61. The molecule has 0 unspecified atom stereocenters. The SMILES string of the molecule is CC[n+]1c(C=C2C=C(C=CC=C3Oc4c(ccc5ccccc45)N3CCCS(=O)(=O)OO)CC(C)(C)C2)sc2ccc3ccccc3c21. The van der Waals surface area contributed by atoms with Crippen LogP contribution in [0.15, 0.2) is 114 Å². The van der Waals surface area contributed by atoms with Crippen LogP contribution in [0.1, 0.15) is 45.0 Å². The van der Waals surface area contributed by atoms with Gasteiger partial charge in [0.2, 0.25) is 11.4 Å². The number of thiazole rings is 1. The van der Waals surface area contributed by atoms with Crippen LogP contribution in [0.25, 0.3) is 37.8 Å². The molecule has 7 rings (SSSR count). The number of aryl methyl sites for hydroxylation is 1. The van der Waals surface area contributed by atoms with Crippen molar-refractivity contribution in [2.75, 3.05) is 17.2 Å². The maximum atomic E-state index is 11.8. The maximum absolute atomic E-state index is 11.8. The number of nitrogens with zero attached hydrogens (tertiary/aromatic N) is 2. The standard InChI is InChI=1S/C39H38N2O5S2/c1-4-40-36(47-34-20-18-29-12-5-7-14-31(29)37(34)40)24-28-23-27(25-39(2,3)26-28)11-9-16-35-41(21-10-22-48(43,44)46-42)33-19-17-30-13-6-8-15-32(30)38(33)45-35/h5-9,11-20,23-24H,4,10,21-22,25-26H2,1-3H3/p+1. The van der Waals surface area contributed by atoms with Gasteiger partial charge in [0, 0.05) is 18.0 Å². The van der Waals surface area contributed by atoms with Gasteiger partial charge >= 0.3 is 0 Å². The predicted molar refractivity (Wildman–Crippen MR) is 196 cm³/mol. The van der Waals surface area contributed by atoms with Crippen molar-refractivity contribution < 1.29 is 27.3 Å². The first-order valence-electron chi connectivity index (χ1n) is 16.3. The Hall–Kier alpha value is -4.28. The second-order valence-electron chi connectivity index (χ2n) is 13.2. The van der Waals surface area contributed by atoms with Gasteiger partial charge in [-0.15, -0.1) is 4.33 Å². The normalized spacial score (nSPS) is 18.0. The quantitative estimate of drug-likeness (QED) is 0.0951. The van der Waals surface area contributed by atoms with E-state index in [1.54, 1.807) is 0 Å². The Morgan fingerprint density at radius 3 is 2.50 bits per heavy atom. The monoisotopic (exact) mass is 679 g/mol. The first kappa shape index (κ1) is 32.3. The lowest BCUT2D eigenvalue weighted by atomic mass is 9.75. The molecule has 0 bridgehead atoms. The topological polar surface area (TPSA) is 80.0 Å². The molecule has 0 fully saturated rings. The largest absolute Gasteiger partial charge is 0.438 e. The van der Waals surface area contributed by atoms with E-state index < -0.39 is 10.1 Å². The lowest BCUT2D eigenvalue weighted by Crippen LogP contribution is -2.33. The molecule has 0 saturated carbocycles.